The largest absolute Gasteiger partial charge is 0.493 e. The normalized spacial score (nSPS) is 16.3. The molecule has 4 nitrogen and oxygen atoms in total. The van der Waals surface area contributed by atoms with Crippen molar-refractivity contribution in [3.05, 3.63) is 59.2 Å². The highest BCUT2D eigenvalue weighted by Crippen LogP contribution is 2.29. The third kappa shape index (κ3) is 4.96. The third-order valence-corrected chi connectivity index (χ3v) is 4.84. The van der Waals surface area contributed by atoms with E-state index in [9.17, 15) is 0 Å². The van der Waals surface area contributed by atoms with Crippen LogP contribution in [0.5, 0.6) is 11.5 Å². The SMILES string of the molecule is COc1cc(C(=S)NC[C@@H]2CCCO2)ccc1OCc1ccc(C)cc1. The Morgan fingerprint density at radius 2 is 2.00 bits per heavy atom. The van der Waals surface area contributed by atoms with Gasteiger partial charge in [0, 0.05) is 18.7 Å². The van der Waals surface area contributed by atoms with Gasteiger partial charge in [-0.1, -0.05) is 42.0 Å². The maximum absolute atomic E-state index is 5.92. The first-order valence-electron chi connectivity index (χ1n) is 8.92. The molecular formula is C21H25NO3S. The summed E-state index contributed by atoms with van der Waals surface area (Å²) in [6, 6.07) is 14.1. The van der Waals surface area contributed by atoms with E-state index in [1.807, 2.05) is 18.2 Å². The average molecular weight is 372 g/mol. The molecule has 1 aliphatic heterocycles. The molecule has 2 aromatic carbocycles. The standard InChI is InChI=1S/C21H25NO3S/c1-15-5-7-16(8-6-15)14-25-19-10-9-17(12-20(19)23-2)21(26)22-13-18-4-3-11-24-18/h5-10,12,18H,3-4,11,13-14H2,1-2H3,(H,22,26)/t18-/m0/s1. The molecule has 5 heteroatoms. The summed E-state index contributed by atoms with van der Waals surface area (Å²) in [7, 11) is 1.64. The van der Waals surface area contributed by atoms with Gasteiger partial charge in [-0.15, -0.1) is 0 Å². The van der Waals surface area contributed by atoms with Crippen molar-refractivity contribution >= 4 is 17.2 Å². The highest BCUT2D eigenvalue weighted by atomic mass is 32.1. The monoisotopic (exact) mass is 371 g/mol. The Balaban J connectivity index is 1.60. The Morgan fingerprint density at radius 3 is 2.69 bits per heavy atom. The highest BCUT2D eigenvalue weighted by molar-refractivity contribution is 7.80. The van der Waals surface area contributed by atoms with E-state index in [1.54, 1.807) is 7.11 Å². The smallest absolute Gasteiger partial charge is 0.161 e. The molecule has 1 aliphatic rings. The van der Waals surface area contributed by atoms with Crippen LogP contribution < -0.4 is 14.8 Å². The van der Waals surface area contributed by atoms with Gasteiger partial charge in [0.1, 0.15) is 11.6 Å². The van der Waals surface area contributed by atoms with Crippen LogP contribution >= 0.6 is 12.2 Å². The minimum Gasteiger partial charge on any atom is -0.493 e. The Hall–Kier alpha value is -2.11. The van der Waals surface area contributed by atoms with Gasteiger partial charge in [-0.05, 0) is 43.5 Å². The van der Waals surface area contributed by atoms with Crippen LogP contribution in [0.3, 0.4) is 0 Å². The van der Waals surface area contributed by atoms with E-state index >= 15 is 0 Å². The van der Waals surface area contributed by atoms with Crippen molar-refractivity contribution in [2.24, 2.45) is 0 Å². The fourth-order valence-corrected chi connectivity index (χ4v) is 3.10. The predicted octanol–water partition coefficient (Wildman–Crippen LogP) is 4.03. The van der Waals surface area contributed by atoms with Crippen LogP contribution in [0.2, 0.25) is 0 Å². The summed E-state index contributed by atoms with van der Waals surface area (Å²) in [5, 5.41) is 3.28. The van der Waals surface area contributed by atoms with Gasteiger partial charge in [0.15, 0.2) is 11.5 Å². The van der Waals surface area contributed by atoms with Gasteiger partial charge >= 0.3 is 0 Å². The average Bonchev–Trinajstić information content (AvgIpc) is 3.19. The fourth-order valence-electron chi connectivity index (χ4n) is 2.89. The van der Waals surface area contributed by atoms with Gasteiger partial charge in [0.05, 0.1) is 13.2 Å². The molecule has 0 saturated carbocycles. The molecule has 1 heterocycles. The number of aryl methyl sites for hydroxylation is 1. The molecule has 0 aliphatic carbocycles. The predicted molar refractivity (Wildman–Crippen MR) is 107 cm³/mol. The number of rotatable bonds is 7. The first kappa shape index (κ1) is 18.7. The summed E-state index contributed by atoms with van der Waals surface area (Å²) in [5.74, 6) is 1.38. The summed E-state index contributed by atoms with van der Waals surface area (Å²) < 4.78 is 17.0. The summed E-state index contributed by atoms with van der Waals surface area (Å²) in [6.07, 6.45) is 2.47. The second-order valence-corrected chi connectivity index (χ2v) is 6.89. The van der Waals surface area contributed by atoms with Crippen molar-refractivity contribution < 1.29 is 14.2 Å². The van der Waals surface area contributed by atoms with E-state index in [0.29, 0.717) is 23.1 Å². The summed E-state index contributed by atoms with van der Waals surface area (Å²) in [5.41, 5.74) is 3.27. The molecule has 1 fully saturated rings. The van der Waals surface area contributed by atoms with Gasteiger partial charge in [0.2, 0.25) is 0 Å². The van der Waals surface area contributed by atoms with E-state index in [0.717, 1.165) is 37.1 Å². The van der Waals surface area contributed by atoms with Gasteiger partial charge < -0.3 is 19.5 Å². The number of hydrogen-bond donors (Lipinski definition) is 1. The maximum Gasteiger partial charge on any atom is 0.161 e. The van der Waals surface area contributed by atoms with Crippen molar-refractivity contribution in [1.82, 2.24) is 5.32 Å². The molecule has 0 aromatic heterocycles. The highest BCUT2D eigenvalue weighted by Gasteiger charge is 2.16. The topological polar surface area (TPSA) is 39.7 Å². The molecule has 0 radical (unpaired) electrons. The van der Waals surface area contributed by atoms with Crippen molar-refractivity contribution in [2.45, 2.75) is 32.5 Å². The molecule has 1 saturated heterocycles. The molecule has 0 amide bonds. The van der Waals surface area contributed by atoms with Gasteiger partial charge in [0.25, 0.3) is 0 Å². The van der Waals surface area contributed by atoms with Crippen LogP contribution in [0.1, 0.15) is 29.5 Å². The zero-order valence-corrected chi connectivity index (χ0v) is 16.1. The number of benzene rings is 2. The second-order valence-electron chi connectivity index (χ2n) is 6.48. The van der Waals surface area contributed by atoms with Gasteiger partial charge in [-0.3, -0.25) is 0 Å². The zero-order valence-electron chi connectivity index (χ0n) is 15.3. The third-order valence-electron chi connectivity index (χ3n) is 4.46. The van der Waals surface area contributed by atoms with Crippen LogP contribution in [-0.4, -0.2) is 31.4 Å². The van der Waals surface area contributed by atoms with Crippen LogP contribution in [0.15, 0.2) is 42.5 Å². The quantitative estimate of drug-likeness (QED) is 0.744. The minimum absolute atomic E-state index is 0.256. The number of nitrogens with one attached hydrogen (secondary N) is 1. The maximum atomic E-state index is 5.92. The molecule has 1 atom stereocenters. The van der Waals surface area contributed by atoms with E-state index in [2.05, 4.69) is 36.5 Å². The number of hydrogen-bond acceptors (Lipinski definition) is 4. The summed E-state index contributed by atoms with van der Waals surface area (Å²) in [6.45, 7) is 4.16. The molecule has 26 heavy (non-hydrogen) atoms. The summed E-state index contributed by atoms with van der Waals surface area (Å²) in [4.78, 5) is 0.698. The molecule has 1 N–H and O–H groups in total. The van der Waals surface area contributed by atoms with Crippen LogP contribution in [-0.2, 0) is 11.3 Å². The Labute approximate surface area is 160 Å². The van der Waals surface area contributed by atoms with Crippen LogP contribution in [0, 0.1) is 6.92 Å². The lowest BCUT2D eigenvalue weighted by atomic mass is 10.1. The minimum atomic E-state index is 0.256. The number of methoxy groups -OCH3 is 1. The molecule has 3 rings (SSSR count). The number of thiocarbonyl (C=S) groups is 1. The van der Waals surface area contributed by atoms with Crippen LogP contribution in [0.4, 0.5) is 0 Å². The Kier molecular flexibility index (Phi) is 6.47. The lowest BCUT2D eigenvalue weighted by molar-refractivity contribution is 0.114. The fraction of sp³-hybridized carbons (Fsp3) is 0.381. The Bertz CT molecular complexity index is 739. The second kappa shape index (κ2) is 9.01. The lowest BCUT2D eigenvalue weighted by Gasteiger charge is -2.15. The molecule has 2 aromatic rings. The van der Waals surface area contributed by atoms with E-state index < -0.39 is 0 Å². The summed E-state index contributed by atoms with van der Waals surface area (Å²) >= 11 is 5.50. The van der Waals surface area contributed by atoms with Gasteiger partial charge in [-0.2, -0.15) is 0 Å². The first-order chi connectivity index (χ1) is 12.7. The van der Waals surface area contributed by atoms with E-state index in [4.69, 9.17) is 26.4 Å². The number of ether oxygens (including phenoxy) is 3. The lowest BCUT2D eigenvalue weighted by Crippen LogP contribution is -2.31. The van der Waals surface area contributed by atoms with Crippen LogP contribution in [0.25, 0.3) is 0 Å². The molecule has 138 valence electrons. The zero-order chi connectivity index (χ0) is 18.4. The molecular weight excluding hydrogens is 346 g/mol. The van der Waals surface area contributed by atoms with Crippen molar-refractivity contribution in [3.8, 4) is 11.5 Å². The molecule has 0 spiro atoms. The Morgan fingerprint density at radius 1 is 1.19 bits per heavy atom. The van der Waals surface area contributed by atoms with Crippen molar-refractivity contribution in [3.63, 3.8) is 0 Å². The molecule has 0 bridgehead atoms. The van der Waals surface area contributed by atoms with Crippen molar-refractivity contribution in [1.29, 1.82) is 0 Å². The first-order valence-corrected chi connectivity index (χ1v) is 9.32. The van der Waals surface area contributed by atoms with E-state index in [1.165, 1.54) is 5.56 Å². The van der Waals surface area contributed by atoms with E-state index in [-0.39, 0.29) is 6.10 Å². The van der Waals surface area contributed by atoms with Crippen molar-refractivity contribution in [2.75, 3.05) is 20.3 Å². The molecule has 0 unspecified atom stereocenters. The van der Waals surface area contributed by atoms with Gasteiger partial charge in [-0.25, -0.2) is 0 Å².